The molecule has 3 rings (SSSR count). The molecule has 21 heavy (non-hydrogen) atoms. The lowest BCUT2D eigenvalue weighted by Gasteiger charge is -2.04. The quantitative estimate of drug-likeness (QED) is 0.475. The molecular formula is C13H12Cl2N4OS. The van der Waals surface area contributed by atoms with Crippen LogP contribution in [0.25, 0.3) is 0 Å². The Bertz CT molecular complexity index is 671. The summed E-state index contributed by atoms with van der Waals surface area (Å²) in [4.78, 5) is 12.1. The molecule has 5 nitrogen and oxygen atoms in total. The largest absolute Gasteiger partial charge is 0.293 e. The van der Waals surface area contributed by atoms with E-state index >= 15 is 0 Å². The summed E-state index contributed by atoms with van der Waals surface area (Å²) < 4.78 is 0.897. The third-order valence-electron chi connectivity index (χ3n) is 3.37. The number of alkyl halides is 2. The molecule has 0 spiro atoms. The Labute approximate surface area is 136 Å². The van der Waals surface area contributed by atoms with Crippen molar-refractivity contribution in [3.63, 3.8) is 0 Å². The number of aryl methyl sites for hydroxylation is 1. The number of aromatic nitrogens is 4. The molecule has 1 aliphatic carbocycles. The number of Topliss-reactive ketones (excluding diaryl/α,β-unsaturated/α-hetero) is 1. The van der Waals surface area contributed by atoms with Crippen LogP contribution >= 0.6 is 35.0 Å². The molecule has 1 heterocycles. The van der Waals surface area contributed by atoms with Gasteiger partial charge in [-0.3, -0.25) is 4.79 Å². The number of carbonyl (C=O) groups excluding carboxylic acids is 1. The lowest BCUT2D eigenvalue weighted by molar-refractivity contribution is 0.102. The Kier molecular flexibility index (Phi) is 3.94. The highest BCUT2D eigenvalue weighted by Gasteiger charge is 2.52. The van der Waals surface area contributed by atoms with Crippen LogP contribution in [0, 0.1) is 0 Å². The minimum atomic E-state index is -0.639. The number of hydrogen-bond donors (Lipinski definition) is 0. The Morgan fingerprint density at radius 2 is 2.10 bits per heavy atom. The van der Waals surface area contributed by atoms with Crippen LogP contribution < -0.4 is 0 Å². The summed E-state index contributed by atoms with van der Waals surface area (Å²) in [7, 11) is 1.74. The van der Waals surface area contributed by atoms with E-state index in [-0.39, 0.29) is 11.7 Å². The molecule has 1 fully saturated rings. The van der Waals surface area contributed by atoms with Gasteiger partial charge in [-0.15, -0.1) is 28.3 Å². The van der Waals surface area contributed by atoms with Crippen LogP contribution in [0.15, 0.2) is 29.4 Å². The molecule has 0 saturated heterocycles. The highest BCUT2D eigenvalue weighted by Crippen LogP contribution is 2.59. The van der Waals surface area contributed by atoms with Gasteiger partial charge in [0.25, 0.3) is 0 Å². The molecule has 0 radical (unpaired) electrons. The summed E-state index contributed by atoms with van der Waals surface area (Å²) in [6.07, 6.45) is 0.762. The van der Waals surface area contributed by atoms with Gasteiger partial charge in [-0.25, -0.2) is 4.68 Å². The first-order chi connectivity index (χ1) is 9.97. The van der Waals surface area contributed by atoms with Gasteiger partial charge in [0.2, 0.25) is 5.16 Å². The number of carbonyl (C=O) groups is 1. The summed E-state index contributed by atoms with van der Waals surface area (Å²) in [6, 6.07) is 7.46. The predicted molar refractivity (Wildman–Crippen MR) is 82.1 cm³/mol. The standard InChI is InChI=1S/C13H12Cl2N4OS/c1-19-12(16-17-18-19)21-7-11(20)9-4-2-8(3-5-9)10-6-13(10,14)15/h2-5,10H,6-7H2,1H3. The molecule has 1 saturated carbocycles. The molecule has 1 aromatic carbocycles. The summed E-state index contributed by atoms with van der Waals surface area (Å²) >= 11 is 13.4. The van der Waals surface area contributed by atoms with Crippen LogP contribution in [0.4, 0.5) is 0 Å². The molecule has 1 unspecified atom stereocenters. The van der Waals surface area contributed by atoms with E-state index in [2.05, 4.69) is 15.5 Å². The van der Waals surface area contributed by atoms with Crippen LogP contribution in [-0.4, -0.2) is 36.1 Å². The van der Waals surface area contributed by atoms with Gasteiger partial charge < -0.3 is 0 Å². The highest BCUT2D eigenvalue weighted by molar-refractivity contribution is 7.99. The molecular weight excluding hydrogens is 331 g/mol. The number of tetrazole rings is 1. The lowest BCUT2D eigenvalue weighted by Crippen LogP contribution is -2.04. The topological polar surface area (TPSA) is 60.7 Å². The summed E-state index contributed by atoms with van der Waals surface area (Å²) in [5, 5.41) is 11.7. The van der Waals surface area contributed by atoms with Gasteiger partial charge in [-0.05, 0) is 22.4 Å². The summed E-state index contributed by atoms with van der Waals surface area (Å²) in [5.41, 5.74) is 1.73. The first-order valence-corrected chi connectivity index (χ1v) is 8.07. The zero-order valence-corrected chi connectivity index (χ0v) is 13.5. The van der Waals surface area contributed by atoms with Gasteiger partial charge in [0.05, 0.1) is 5.75 Å². The average Bonchev–Trinajstić information content (AvgIpc) is 2.90. The number of benzene rings is 1. The minimum absolute atomic E-state index is 0.0355. The predicted octanol–water partition coefficient (Wildman–Crippen LogP) is 2.85. The monoisotopic (exact) mass is 342 g/mol. The van der Waals surface area contributed by atoms with Crippen molar-refractivity contribution in [1.29, 1.82) is 0 Å². The van der Waals surface area contributed by atoms with E-state index in [0.717, 1.165) is 12.0 Å². The molecule has 8 heteroatoms. The average molecular weight is 343 g/mol. The van der Waals surface area contributed by atoms with E-state index in [1.54, 1.807) is 7.05 Å². The van der Waals surface area contributed by atoms with Crippen LogP contribution in [0.3, 0.4) is 0 Å². The van der Waals surface area contributed by atoms with Gasteiger partial charge >= 0.3 is 0 Å². The van der Waals surface area contributed by atoms with E-state index in [0.29, 0.717) is 16.5 Å². The van der Waals surface area contributed by atoms with E-state index in [4.69, 9.17) is 23.2 Å². The maximum atomic E-state index is 12.1. The third kappa shape index (κ3) is 3.22. The second-order valence-electron chi connectivity index (χ2n) is 4.94. The van der Waals surface area contributed by atoms with Crippen LogP contribution in [0.2, 0.25) is 0 Å². The normalized spacial score (nSPS) is 19.5. The van der Waals surface area contributed by atoms with Gasteiger partial charge in [0.15, 0.2) is 5.78 Å². The maximum absolute atomic E-state index is 12.1. The van der Waals surface area contributed by atoms with Gasteiger partial charge in [-0.1, -0.05) is 36.0 Å². The number of halogens is 2. The number of rotatable bonds is 5. The first-order valence-electron chi connectivity index (χ1n) is 6.33. The Morgan fingerprint density at radius 1 is 1.43 bits per heavy atom. The van der Waals surface area contributed by atoms with E-state index < -0.39 is 4.33 Å². The van der Waals surface area contributed by atoms with Gasteiger partial charge in [-0.2, -0.15) is 0 Å². The molecule has 0 amide bonds. The number of hydrogen-bond acceptors (Lipinski definition) is 5. The molecule has 2 aromatic rings. The van der Waals surface area contributed by atoms with Crippen LogP contribution in [-0.2, 0) is 7.05 Å². The second kappa shape index (κ2) is 5.59. The molecule has 110 valence electrons. The zero-order chi connectivity index (χ0) is 15.0. The van der Waals surface area contributed by atoms with Crippen molar-refractivity contribution in [3.05, 3.63) is 35.4 Å². The van der Waals surface area contributed by atoms with Crippen molar-refractivity contribution in [2.24, 2.45) is 7.05 Å². The molecule has 0 N–H and O–H groups in total. The Balaban J connectivity index is 1.61. The van der Waals surface area contributed by atoms with E-state index in [1.807, 2.05) is 24.3 Å². The van der Waals surface area contributed by atoms with E-state index in [9.17, 15) is 4.79 Å². The van der Waals surface area contributed by atoms with E-state index in [1.165, 1.54) is 16.4 Å². The smallest absolute Gasteiger partial charge is 0.209 e. The highest BCUT2D eigenvalue weighted by atomic mass is 35.5. The lowest BCUT2D eigenvalue weighted by atomic mass is 10.1. The third-order valence-corrected chi connectivity index (χ3v) is 5.22. The van der Waals surface area contributed by atoms with Crippen LogP contribution in [0.5, 0.6) is 0 Å². The fraction of sp³-hybridized carbons (Fsp3) is 0.385. The fourth-order valence-electron chi connectivity index (χ4n) is 2.03. The zero-order valence-electron chi connectivity index (χ0n) is 11.2. The molecule has 1 aromatic heterocycles. The van der Waals surface area contributed by atoms with Crippen molar-refractivity contribution in [2.75, 3.05) is 5.75 Å². The van der Waals surface area contributed by atoms with Crippen molar-refractivity contribution >= 4 is 40.7 Å². The number of nitrogens with zero attached hydrogens (tertiary/aromatic N) is 4. The van der Waals surface area contributed by atoms with Crippen molar-refractivity contribution in [2.45, 2.75) is 21.8 Å². The number of thioether (sulfide) groups is 1. The SMILES string of the molecule is Cn1nnnc1SCC(=O)c1ccc(C2CC2(Cl)Cl)cc1. The summed E-state index contributed by atoms with van der Waals surface area (Å²) in [5.74, 6) is 0.504. The molecule has 1 aliphatic rings. The number of ketones is 1. The molecule has 0 aliphatic heterocycles. The van der Waals surface area contributed by atoms with Gasteiger partial charge in [0, 0.05) is 18.5 Å². The fourth-order valence-corrected chi connectivity index (χ4v) is 3.34. The maximum Gasteiger partial charge on any atom is 0.209 e. The van der Waals surface area contributed by atoms with Crippen molar-refractivity contribution < 1.29 is 4.79 Å². The van der Waals surface area contributed by atoms with Crippen molar-refractivity contribution in [3.8, 4) is 0 Å². The van der Waals surface area contributed by atoms with Gasteiger partial charge in [0.1, 0.15) is 4.33 Å². The molecule has 1 atom stereocenters. The second-order valence-corrected chi connectivity index (χ2v) is 7.42. The first kappa shape index (κ1) is 14.8. The molecule has 0 bridgehead atoms. The minimum Gasteiger partial charge on any atom is -0.293 e. The summed E-state index contributed by atoms with van der Waals surface area (Å²) in [6.45, 7) is 0. The Hall–Kier alpha value is -1.11. The van der Waals surface area contributed by atoms with Crippen molar-refractivity contribution in [1.82, 2.24) is 20.2 Å². The Morgan fingerprint density at radius 3 is 2.62 bits per heavy atom. The van der Waals surface area contributed by atoms with Crippen LogP contribution in [0.1, 0.15) is 28.3 Å².